The number of rotatable bonds is 19. The van der Waals surface area contributed by atoms with Gasteiger partial charge in [0.2, 0.25) is 0 Å². The highest BCUT2D eigenvalue weighted by molar-refractivity contribution is 4.70. The van der Waals surface area contributed by atoms with Gasteiger partial charge in [0.25, 0.3) is 0 Å². The molecule has 1 unspecified atom stereocenters. The summed E-state index contributed by atoms with van der Waals surface area (Å²) >= 11 is 0. The minimum absolute atomic E-state index is 0.127. The van der Waals surface area contributed by atoms with E-state index in [0.29, 0.717) is 25.7 Å². The third-order valence-electron chi connectivity index (χ3n) is 5.22. The van der Waals surface area contributed by atoms with Crippen LogP contribution in [-0.2, 0) is 14.2 Å². The van der Waals surface area contributed by atoms with Crippen molar-refractivity contribution in [1.82, 2.24) is 0 Å². The third kappa shape index (κ3) is 35.8. The van der Waals surface area contributed by atoms with Crippen molar-refractivity contribution < 1.29 is 14.2 Å². The molecular formula is C27H66N6O3. The maximum atomic E-state index is 5.92. The molecule has 9 heteroatoms. The zero-order chi connectivity index (χ0) is 28.5. The van der Waals surface area contributed by atoms with Gasteiger partial charge in [-0.3, -0.25) is 0 Å². The fourth-order valence-corrected chi connectivity index (χ4v) is 2.70. The summed E-state index contributed by atoms with van der Waals surface area (Å²) in [6.45, 7) is 19.7. The van der Waals surface area contributed by atoms with Gasteiger partial charge in [-0.05, 0) is 99.1 Å². The molecule has 36 heavy (non-hydrogen) atoms. The molecule has 0 amide bonds. The number of hydrogen-bond donors (Lipinski definition) is 6. The summed E-state index contributed by atoms with van der Waals surface area (Å²) in [4.78, 5) is 0. The van der Waals surface area contributed by atoms with Gasteiger partial charge in [0.15, 0.2) is 0 Å². The van der Waals surface area contributed by atoms with E-state index < -0.39 is 0 Å². The van der Waals surface area contributed by atoms with Crippen LogP contribution in [0.2, 0.25) is 0 Å². The van der Waals surface area contributed by atoms with Gasteiger partial charge in [0, 0.05) is 24.2 Å². The molecule has 0 aliphatic carbocycles. The van der Waals surface area contributed by atoms with Crippen LogP contribution in [0.4, 0.5) is 0 Å². The number of nitrogens with two attached hydrogens (primary N) is 6. The van der Waals surface area contributed by atoms with Crippen molar-refractivity contribution in [1.29, 1.82) is 0 Å². The predicted molar refractivity (Wildman–Crippen MR) is 156 cm³/mol. The number of hydrogen-bond acceptors (Lipinski definition) is 9. The average Bonchev–Trinajstić information content (AvgIpc) is 2.81. The Bertz CT molecular complexity index is 406. The van der Waals surface area contributed by atoms with E-state index in [1.54, 1.807) is 0 Å². The molecule has 0 spiro atoms. The Kier molecular flexibility index (Phi) is 30.9. The standard InChI is InChI=1S/C11H26N2O.2C8H20N2O/c1-8(2)11(13)6-5-10(12)7-14-9(3)4;2*1-7(2)11-6-8(10)4-3-5-9/h8-11H,5-7,12-13H2,1-4H3;2*7-8H,3-6,9-10H2,1-2H3/t10-,11?;2*8-/m010/s1. The Morgan fingerprint density at radius 1 is 0.472 bits per heavy atom. The van der Waals surface area contributed by atoms with Crippen molar-refractivity contribution in [2.45, 2.75) is 136 Å². The van der Waals surface area contributed by atoms with Gasteiger partial charge in [-0.15, -0.1) is 0 Å². The van der Waals surface area contributed by atoms with Gasteiger partial charge in [-0.2, -0.15) is 0 Å². The zero-order valence-corrected chi connectivity index (χ0v) is 25.1. The normalized spacial score (nSPS) is 14.8. The van der Waals surface area contributed by atoms with Gasteiger partial charge in [-0.1, -0.05) is 13.8 Å². The molecule has 0 bridgehead atoms. The Morgan fingerprint density at radius 3 is 1.03 bits per heavy atom. The molecule has 0 saturated carbocycles. The van der Waals surface area contributed by atoms with E-state index in [2.05, 4.69) is 13.8 Å². The summed E-state index contributed by atoms with van der Waals surface area (Å²) in [7, 11) is 0. The molecule has 0 fully saturated rings. The van der Waals surface area contributed by atoms with Crippen molar-refractivity contribution in [3.05, 3.63) is 0 Å². The lowest BCUT2D eigenvalue weighted by Gasteiger charge is -2.19. The molecule has 222 valence electrons. The molecule has 0 aromatic carbocycles. The Labute approximate surface area is 224 Å². The first-order valence-corrected chi connectivity index (χ1v) is 14.0. The summed E-state index contributed by atoms with van der Waals surface area (Å²) in [5, 5.41) is 0. The lowest BCUT2D eigenvalue weighted by Crippen LogP contribution is -2.32. The minimum atomic E-state index is 0.127. The van der Waals surface area contributed by atoms with E-state index in [0.717, 1.165) is 51.6 Å². The first-order valence-electron chi connectivity index (χ1n) is 14.0. The molecule has 9 nitrogen and oxygen atoms in total. The summed E-state index contributed by atoms with van der Waals surface area (Å²) in [5.74, 6) is 0.535. The van der Waals surface area contributed by atoms with E-state index in [4.69, 9.17) is 48.6 Å². The molecular weight excluding hydrogens is 456 g/mol. The zero-order valence-electron chi connectivity index (χ0n) is 25.1. The average molecular weight is 523 g/mol. The summed E-state index contributed by atoms with van der Waals surface area (Å²) in [6.07, 6.45) is 6.65. The van der Waals surface area contributed by atoms with Gasteiger partial charge in [-0.25, -0.2) is 0 Å². The lowest BCUT2D eigenvalue weighted by atomic mass is 9.98. The molecule has 0 aromatic rings. The summed E-state index contributed by atoms with van der Waals surface area (Å²) < 4.78 is 16.1. The largest absolute Gasteiger partial charge is 0.377 e. The maximum Gasteiger partial charge on any atom is 0.0620 e. The quantitative estimate of drug-likeness (QED) is 0.148. The van der Waals surface area contributed by atoms with Crippen molar-refractivity contribution in [3.8, 4) is 0 Å². The van der Waals surface area contributed by atoms with Crippen LogP contribution >= 0.6 is 0 Å². The summed E-state index contributed by atoms with van der Waals surface area (Å²) in [5.41, 5.74) is 33.9. The molecule has 0 rings (SSSR count). The Morgan fingerprint density at radius 2 is 0.778 bits per heavy atom. The van der Waals surface area contributed by atoms with Gasteiger partial charge < -0.3 is 48.6 Å². The van der Waals surface area contributed by atoms with Crippen LogP contribution in [0.3, 0.4) is 0 Å². The maximum absolute atomic E-state index is 5.92. The van der Waals surface area contributed by atoms with Crippen LogP contribution in [0, 0.1) is 5.92 Å². The minimum Gasteiger partial charge on any atom is -0.377 e. The van der Waals surface area contributed by atoms with Crippen LogP contribution in [0.5, 0.6) is 0 Å². The molecule has 12 N–H and O–H groups in total. The van der Waals surface area contributed by atoms with Gasteiger partial charge in [0.05, 0.1) is 38.1 Å². The summed E-state index contributed by atoms with van der Waals surface area (Å²) in [6, 6.07) is 0.698. The first-order chi connectivity index (χ1) is 16.8. The fourth-order valence-electron chi connectivity index (χ4n) is 2.70. The molecule has 0 aliphatic heterocycles. The molecule has 0 heterocycles. The highest BCUT2D eigenvalue weighted by Crippen LogP contribution is 2.07. The van der Waals surface area contributed by atoms with Crippen LogP contribution in [0.15, 0.2) is 0 Å². The van der Waals surface area contributed by atoms with E-state index in [-0.39, 0.29) is 42.5 Å². The fraction of sp³-hybridized carbons (Fsp3) is 1.00. The highest BCUT2D eigenvalue weighted by Gasteiger charge is 2.11. The van der Waals surface area contributed by atoms with E-state index >= 15 is 0 Å². The second kappa shape index (κ2) is 27.7. The van der Waals surface area contributed by atoms with E-state index in [1.807, 2.05) is 41.5 Å². The predicted octanol–water partition coefficient (Wildman–Crippen LogP) is 2.46. The molecule has 0 saturated heterocycles. The second-order valence-electron chi connectivity index (χ2n) is 10.8. The van der Waals surface area contributed by atoms with Crippen molar-refractivity contribution >= 4 is 0 Å². The number of ether oxygens (including phenoxy) is 3. The van der Waals surface area contributed by atoms with Crippen LogP contribution in [0.1, 0.15) is 93.9 Å². The molecule has 4 atom stereocenters. The van der Waals surface area contributed by atoms with Crippen LogP contribution in [0.25, 0.3) is 0 Å². The SMILES string of the molecule is CC(C)OC[C@@H](N)CCC(N)C(C)C.CC(C)OC[C@@H](N)CCCN.CC(C)OC[C@H](N)CCCN. The second-order valence-corrected chi connectivity index (χ2v) is 10.8. The molecule has 0 aliphatic rings. The highest BCUT2D eigenvalue weighted by atomic mass is 16.5. The van der Waals surface area contributed by atoms with Crippen molar-refractivity contribution in [2.24, 2.45) is 40.3 Å². The molecule has 0 aromatic heterocycles. The van der Waals surface area contributed by atoms with Gasteiger partial charge >= 0.3 is 0 Å². The first kappa shape index (κ1) is 40.1. The lowest BCUT2D eigenvalue weighted by molar-refractivity contribution is 0.0660. The van der Waals surface area contributed by atoms with Crippen molar-refractivity contribution in [2.75, 3.05) is 32.9 Å². The van der Waals surface area contributed by atoms with E-state index in [1.165, 1.54) is 0 Å². The molecule has 0 radical (unpaired) electrons. The van der Waals surface area contributed by atoms with Crippen LogP contribution in [-0.4, -0.2) is 75.4 Å². The van der Waals surface area contributed by atoms with Crippen molar-refractivity contribution in [3.63, 3.8) is 0 Å². The van der Waals surface area contributed by atoms with E-state index in [9.17, 15) is 0 Å². The Balaban J connectivity index is -0.000000459. The van der Waals surface area contributed by atoms with Crippen LogP contribution < -0.4 is 34.4 Å². The topological polar surface area (TPSA) is 184 Å². The van der Waals surface area contributed by atoms with Gasteiger partial charge in [0.1, 0.15) is 0 Å². The third-order valence-corrected chi connectivity index (χ3v) is 5.22. The monoisotopic (exact) mass is 523 g/mol. The Hall–Kier alpha value is -0.360. The smallest absolute Gasteiger partial charge is 0.0620 e.